The van der Waals surface area contributed by atoms with Gasteiger partial charge in [0.05, 0.1) is 13.5 Å². The number of benzene rings is 1. The average molecular weight is 334 g/mol. The van der Waals surface area contributed by atoms with Gasteiger partial charge in [-0.1, -0.05) is 18.7 Å². The van der Waals surface area contributed by atoms with Gasteiger partial charge in [0.15, 0.2) is 0 Å². The van der Waals surface area contributed by atoms with E-state index in [-0.39, 0.29) is 12.0 Å². The Morgan fingerprint density at radius 3 is 2.42 bits per heavy atom. The molecule has 0 amide bonds. The molecule has 0 aliphatic carbocycles. The van der Waals surface area contributed by atoms with Crippen molar-refractivity contribution in [2.75, 3.05) is 7.11 Å². The summed E-state index contributed by atoms with van der Waals surface area (Å²) in [5.41, 5.74) is 0.646. The second-order valence-electron chi connectivity index (χ2n) is 4.69. The van der Waals surface area contributed by atoms with Crippen LogP contribution >= 0.6 is 0 Å². The molecule has 0 bridgehead atoms. The maximum atomic E-state index is 11.7. The highest BCUT2D eigenvalue weighted by Crippen LogP contribution is 2.16. The van der Waals surface area contributed by atoms with E-state index < -0.39 is 24.2 Å². The molecule has 128 valence electrons. The van der Waals surface area contributed by atoms with Gasteiger partial charge >= 0.3 is 17.9 Å². The van der Waals surface area contributed by atoms with Crippen LogP contribution in [0.4, 0.5) is 0 Å². The van der Waals surface area contributed by atoms with Gasteiger partial charge in [-0.3, -0.25) is 4.79 Å². The summed E-state index contributed by atoms with van der Waals surface area (Å²) >= 11 is 0. The fourth-order valence-electron chi connectivity index (χ4n) is 1.59. The fourth-order valence-corrected chi connectivity index (χ4v) is 1.59. The highest BCUT2D eigenvalue weighted by Gasteiger charge is 2.17. The molecular formula is C17H18O7. The van der Waals surface area contributed by atoms with Gasteiger partial charge in [0.1, 0.15) is 5.75 Å². The predicted molar refractivity (Wildman–Crippen MR) is 85.1 cm³/mol. The molecule has 0 fully saturated rings. The Labute approximate surface area is 139 Å². The lowest BCUT2D eigenvalue weighted by atomic mass is 10.2. The highest BCUT2D eigenvalue weighted by molar-refractivity contribution is 5.93. The monoisotopic (exact) mass is 334 g/mol. The van der Waals surface area contributed by atoms with Crippen molar-refractivity contribution < 1.29 is 33.7 Å². The standard InChI is InChI=1S/C17H18O7/c1-11(10-16(20)22-3)17(21)24-12(2)23-14-7-4-13(5-8-14)6-9-15(18)19/h4-9,12H,1,10H2,2-3H3,(H,18,19)/b9-6+. The zero-order valence-electron chi connectivity index (χ0n) is 13.4. The number of carbonyl (C=O) groups is 3. The molecule has 7 heteroatoms. The molecule has 0 aliphatic heterocycles. The molecule has 1 rings (SSSR count). The van der Waals surface area contributed by atoms with E-state index in [4.69, 9.17) is 14.6 Å². The first-order valence-corrected chi connectivity index (χ1v) is 6.95. The summed E-state index contributed by atoms with van der Waals surface area (Å²) in [6, 6.07) is 6.52. The molecule has 0 aromatic heterocycles. The minimum absolute atomic E-state index is 0.0357. The number of ether oxygens (including phenoxy) is 3. The first-order valence-electron chi connectivity index (χ1n) is 6.95. The fraction of sp³-hybridized carbons (Fsp3) is 0.235. The predicted octanol–water partition coefficient (Wildman–Crippen LogP) is 2.17. The van der Waals surface area contributed by atoms with Crippen LogP contribution in [0.2, 0.25) is 0 Å². The van der Waals surface area contributed by atoms with Crippen LogP contribution < -0.4 is 4.74 Å². The van der Waals surface area contributed by atoms with Gasteiger partial charge in [0.2, 0.25) is 6.29 Å². The van der Waals surface area contributed by atoms with Crippen molar-refractivity contribution in [3.63, 3.8) is 0 Å². The molecule has 0 saturated heterocycles. The topological polar surface area (TPSA) is 99.1 Å². The van der Waals surface area contributed by atoms with Gasteiger partial charge in [-0.25, -0.2) is 9.59 Å². The van der Waals surface area contributed by atoms with Crippen LogP contribution in [-0.4, -0.2) is 36.4 Å². The maximum absolute atomic E-state index is 11.7. The summed E-state index contributed by atoms with van der Waals surface area (Å²) < 4.78 is 14.9. The quantitative estimate of drug-likeness (QED) is 0.442. The highest BCUT2D eigenvalue weighted by atomic mass is 16.7. The molecule has 1 aromatic rings. The third kappa shape index (κ3) is 6.78. The lowest BCUT2D eigenvalue weighted by Gasteiger charge is -2.16. The van der Waals surface area contributed by atoms with Crippen molar-refractivity contribution in [1.29, 1.82) is 0 Å². The van der Waals surface area contributed by atoms with Gasteiger partial charge in [0.25, 0.3) is 0 Å². The Kier molecular flexibility index (Phi) is 7.22. The first kappa shape index (κ1) is 19.0. The summed E-state index contributed by atoms with van der Waals surface area (Å²) in [5, 5.41) is 8.55. The van der Waals surface area contributed by atoms with E-state index in [0.717, 1.165) is 6.08 Å². The molecule has 24 heavy (non-hydrogen) atoms. The zero-order chi connectivity index (χ0) is 18.1. The van der Waals surface area contributed by atoms with Gasteiger partial charge < -0.3 is 19.3 Å². The normalized spacial score (nSPS) is 11.6. The summed E-state index contributed by atoms with van der Waals surface area (Å²) in [7, 11) is 1.21. The van der Waals surface area contributed by atoms with E-state index in [1.54, 1.807) is 24.3 Å². The summed E-state index contributed by atoms with van der Waals surface area (Å²) in [5.74, 6) is -1.95. The minimum atomic E-state index is -1.04. The van der Waals surface area contributed by atoms with E-state index in [0.29, 0.717) is 11.3 Å². The van der Waals surface area contributed by atoms with Crippen molar-refractivity contribution in [3.05, 3.63) is 48.1 Å². The van der Waals surface area contributed by atoms with E-state index in [9.17, 15) is 14.4 Å². The number of hydrogen-bond donors (Lipinski definition) is 1. The number of carboxylic acids is 1. The maximum Gasteiger partial charge on any atom is 0.337 e. The van der Waals surface area contributed by atoms with Crippen molar-refractivity contribution >= 4 is 24.0 Å². The molecule has 0 spiro atoms. The first-order chi connectivity index (χ1) is 11.3. The zero-order valence-corrected chi connectivity index (χ0v) is 13.4. The molecule has 1 N–H and O–H groups in total. The van der Waals surface area contributed by atoms with Crippen LogP contribution in [0.5, 0.6) is 5.75 Å². The van der Waals surface area contributed by atoms with Crippen molar-refractivity contribution in [2.24, 2.45) is 0 Å². The molecule has 0 saturated carbocycles. The van der Waals surface area contributed by atoms with E-state index in [2.05, 4.69) is 11.3 Å². The molecule has 0 aliphatic rings. The third-order valence-electron chi connectivity index (χ3n) is 2.75. The van der Waals surface area contributed by atoms with Crippen molar-refractivity contribution in [1.82, 2.24) is 0 Å². The number of methoxy groups -OCH3 is 1. The van der Waals surface area contributed by atoms with Gasteiger partial charge in [0, 0.05) is 18.6 Å². The van der Waals surface area contributed by atoms with Crippen molar-refractivity contribution in [3.8, 4) is 5.75 Å². The largest absolute Gasteiger partial charge is 0.478 e. The molecule has 7 nitrogen and oxygen atoms in total. The Morgan fingerprint density at radius 2 is 1.88 bits per heavy atom. The summed E-state index contributed by atoms with van der Waals surface area (Å²) in [6.07, 6.45) is 1.30. The second-order valence-corrected chi connectivity index (χ2v) is 4.69. The van der Waals surface area contributed by atoms with E-state index in [1.807, 2.05) is 0 Å². The molecular weight excluding hydrogens is 316 g/mol. The minimum Gasteiger partial charge on any atom is -0.478 e. The smallest absolute Gasteiger partial charge is 0.337 e. The lowest BCUT2D eigenvalue weighted by molar-refractivity contribution is -0.157. The van der Waals surface area contributed by atoms with E-state index in [1.165, 1.54) is 20.1 Å². The molecule has 1 aromatic carbocycles. The number of hydrogen-bond acceptors (Lipinski definition) is 6. The van der Waals surface area contributed by atoms with Crippen LogP contribution in [0.15, 0.2) is 42.5 Å². The number of carboxylic acid groups (broad SMARTS) is 1. The molecule has 0 radical (unpaired) electrons. The summed E-state index contributed by atoms with van der Waals surface area (Å²) in [4.78, 5) is 33.2. The Bertz CT molecular complexity index is 643. The van der Waals surface area contributed by atoms with Crippen LogP contribution in [0.1, 0.15) is 18.9 Å². The second kappa shape index (κ2) is 9.14. The Morgan fingerprint density at radius 1 is 1.25 bits per heavy atom. The number of esters is 2. The van der Waals surface area contributed by atoms with Crippen molar-refractivity contribution in [2.45, 2.75) is 19.6 Å². The molecule has 1 unspecified atom stereocenters. The van der Waals surface area contributed by atoms with Gasteiger partial charge in [-0.2, -0.15) is 0 Å². The molecule has 1 atom stereocenters. The Balaban J connectivity index is 2.54. The lowest BCUT2D eigenvalue weighted by Crippen LogP contribution is -2.22. The van der Waals surface area contributed by atoms with Crippen LogP contribution in [0.3, 0.4) is 0 Å². The van der Waals surface area contributed by atoms with Gasteiger partial charge in [-0.05, 0) is 23.8 Å². The number of rotatable bonds is 8. The van der Waals surface area contributed by atoms with Gasteiger partial charge in [-0.15, -0.1) is 0 Å². The van der Waals surface area contributed by atoms with Crippen LogP contribution in [0.25, 0.3) is 6.08 Å². The number of aliphatic carboxylic acids is 1. The SMILES string of the molecule is C=C(CC(=O)OC)C(=O)OC(C)Oc1ccc(/C=C/C(=O)O)cc1. The third-order valence-corrected chi connectivity index (χ3v) is 2.75. The van der Waals surface area contributed by atoms with Crippen LogP contribution in [-0.2, 0) is 23.9 Å². The van der Waals surface area contributed by atoms with Crippen LogP contribution in [0, 0.1) is 0 Å². The summed E-state index contributed by atoms with van der Waals surface area (Å²) in [6.45, 7) is 4.98. The molecule has 0 heterocycles. The average Bonchev–Trinajstić information content (AvgIpc) is 2.53. The van der Waals surface area contributed by atoms with E-state index >= 15 is 0 Å². The Hall–Kier alpha value is -3.09. The number of carbonyl (C=O) groups excluding carboxylic acids is 2.